The van der Waals surface area contributed by atoms with Gasteiger partial charge in [0.05, 0.1) is 5.44 Å². The molecule has 0 bridgehead atoms. The molecule has 1 saturated heterocycles. The van der Waals surface area contributed by atoms with Crippen molar-refractivity contribution in [2.45, 2.75) is 57.1 Å². The summed E-state index contributed by atoms with van der Waals surface area (Å²) < 4.78 is 29.4. The lowest BCUT2D eigenvalue weighted by Gasteiger charge is -2.40. The minimum absolute atomic E-state index is 0.00641. The highest BCUT2D eigenvalue weighted by Crippen LogP contribution is 2.33. The van der Waals surface area contributed by atoms with Gasteiger partial charge in [0.2, 0.25) is 11.8 Å². The van der Waals surface area contributed by atoms with Crippen LogP contribution in [0.25, 0.3) is 0 Å². The van der Waals surface area contributed by atoms with Crippen LogP contribution in [-0.4, -0.2) is 41.8 Å². The van der Waals surface area contributed by atoms with Gasteiger partial charge >= 0.3 is 5.92 Å². The lowest BCUT2D eigenvalue weighted by atomic mass is 9.70. The van der Waals surface area contributed by atoms with Crippen molar-refractivity contribution in [1.29, 1.82) is 0 Å². The highest BCUT2D eigenvalue weighted by Gasteiger charge is 2.47. The molecule has 2 aromatic rings. The molecule has 1 atom stereocenters. The first-order valence-electron chi connectivity index (χ1n) is 11.3. The van der Waals surface area contributed by atoms with E-state index in [2.05, 4.69) is 10.6 Å². The predicted octanol–water partition coefficient (Wildman–Crippen LogP) is 2.48. The smallest absolute Gasteiger partial charge is 0.346 e. The number of benzene rings is 2. The van der Waals surface area contributed by atoms with Crippen molar-refractivity contribution in [3.8, 4) is 0 Å². The Morgan fingerprint density at radius 2 is 1.86 bits per heavy atom. The zero-order chi connectivity index (χ0) is 25.5. The maximum atomic E-state index is 14.7. The van der Waals surface area contributed by atoms with Gasteiger partial charge in [-0.15, -0.1) is 0 Å². The van der Waals surface area contributed by atoms with Crippen LogP contribution in [0.3, 0.4) is 0 Å². The summed E-state index contributed by atoms with van der Waals surface area (Å²) in [7, 11) is 6.21. The number of imide groups is 1. The molecule has 0 saturated carbocycles. The third-order valence-corrected chi connectivity index (χ3v) is 6.51. The second-order valence-corrected chi connectivity index (χ2v) is 9.22. The van der Waals surface area contributed by atoms with Gasteiger partial charge in [-0.05, 0) is 35.1 Å². The van der Waals surface area contributed by atoms with Gasteiger partial charge in [-0.3, -0.25) is 24.5 Å². The second-order valence-electron chi connectivity index (χ2n) is 9.22. The summed E-state index contributed by atoms with van der Waals surface area (Å²) in [6.07, 6.45) is 0.00158. The predicted molar refractivity (Wildman–Crippen MR) is 123 cm³/mol. The zero-order valence-corrected chi connectivity index (χ0v) is 19.4. The number of hydrogen-bond acceptors (Lipinski definition) is 4. The fraction of sp³-hybridized carbons (Fsp3) is 0.360. The summed E-state index contributed by atoms with van der Waals surface area (Å²) in [5.41, 5.74) is 0.214. The van der Waals surface area contributed by atoms with E-state index >= 15 is 0 Å². The summed E-state index contributed by atoms with van der Waals surface area (Å²) in [4.78, 5) is 50.2. The first-order valence-corrected chi connectivity index (χ1v) is 11.3. The average Bonchev–Trinajstić information content (AvgIpc) is 3.16. The Balaban J connectivity index is 1.44. The van der Waals surface area contributed by atoms with Crippen LogP contribution in [0.2, 0.25) is 0 Å². The van der Waals surface area contributed by atoms with Crippen molar-refractivity contribution in [3.63, 3.8) is 0 Å². The lowest BCUT2D eigenvalue weighted by Crippen LogP contribution is -2.63. The fourth-order valence-corrected chi connectivity index (χ4v) is 4.28. The monoisotopic (exact) mass is 479 g/mol. The van der Waals surface area contributed by atoms with Crippen molar-refractivity contribution in [2.75, 3.05) is 0 Å². The summed E-state index contributed by atoms with van der Waals surface area (Å²) in [5, 5.41) is 4.42. The van der Waals surface area contributed by atoms with Gasteiger partial charge in [-0.2, -0.15) is 8.78 Å². The van der Waals surface area contributed by atoms with Crippen molar-refractivity contribution in [1.82, 2.24) is 15.5 Å². The maximum absolute atomic E-state index is 14.7. The molecule has 2 aliphatic rings. The standard InChI is InChI=1S/C25H24BF2N3O4/c1-14(2)16-4-6-18(7-5-16)25(27,28)23(35)29-12-15-3-8-19-17(11-15)13-31(21(19)33)24(26)10-9-20(32)30-22(24)34/h3-8,11,14H,9-10,12-13H2,1-2H3,(H,29,35)(H,30,32,34)/t24-/m1/s1. The number of piperidine rings is 1. The van der Waals surface area contributed by atoms with Gasteiger partial charge in [0.25, 0.3) is 11.8 Å². The van der Waals surface area contributed by atoms with E-state index in [4.69, 9.17) is 7.85 Å². The molecule has 0 unspecified atom stereocenters. The maximum Gasteiger partial charge on any atom is 0.349 e. The number of fused-ring (bicyclic) bond motifs is 1. The first kappa shape index (κ1) is 24.6. The van der Waals surface area contributed by atoms with Crippen molar-refractivity contribution in [2.24, 2.45) is 0 Å². The largest absolute Gasteiger partial charge is 0.349 e. The Morgan fingerprint density at radius 1 is 1.17 bits per heavy atom. The molecule has 2 N–H and O–H groups in total. The van der Waals surface area contributed by atoms with E-state index in [1.165, 1.54) is 23.1 Å². The number of halogens is 2. The number of alkyl halides is 2. The van der Waals surface area contributed by atoms with Crippen LogP contribution in [-0.2, 0) is 33.4 Å². The van der Waals surface area contributed by atoms with Gasteiger partial charge < -0.3 is 10.2 Å². The highest BCUT2D eigenvalue weighted by molar-refractivity contribution is 6.32. The number of carbonyl (C=O) groups excluding carboxylic acids is 4. The molecular formula is C25H24BF2N3O4. The number of amides is 4. The van der Waals surface area contributed by atoms with E-state index in [1.54, 1.807) is 24.3 Å². The lowest BCUT2D eigenvalue weighted by molar-refractivity contribution is -0.147. The topological polar surface area (TPSA) is 95.6 Å². The van der Waals surface area contributed by atoms with E-state index in [-0.39, 0.29) is 31.8 Å². The molecule has 2 heterocycles. The molecule has 180 valence electrons. The minimum atomic E-state index is -3.71. The van der Waals surface area contributed by atoms with Gasteiger partial charge in [0.1, 0.15) is 7.85 Å². The van der Waals surface area contributed by atoms with Crippen LogP contribution >= 0.6 is 0 Å². The van der Waals surface area contributed by atoms with E-state index < -0.39 is 40.6 Å². The summed E-state index contributed by atoms with van der Waals surface area (Å²) in [6, 6.07) is 10.3. The fourth-order valence-electron chi connectivity index (χ4n) is 4.28. The summed E-state index contributed by atoms with van der Waals surface area (Å²) in [5.74, 6) is -6.62. The zero-order valence-electron chi connectivity index (χ0n) is 19.4. The number of nitrogens with zero attached hydrogens (tertiary/aromatic N) is 1. The van der Waals surface area contributed by atoms with Crippen LogP contribution in [0, 0.1) is 0 Å². The number of rotatable bonds is 6. The van der Waals surface area contributed by atoms with Gasteiger partial charge in [0, 0.05) is 30.6 Å². The molecule has 7 nitrogen and oxygen atoms in total. The molecule has 1 fully saturated rings. The quantitative estimate of drug-likeness (QED) is 0.492. The summed E-state index contributed by atoms with van der Waals surface area (Å²) >= 11 is 0. The second kappa shape index (κ2) is 8.90. The molecule has 0 aromatic heterocycles. The molecule has 4 rings (SSSR count). The molecular weight excluding hydrogens is 455 g/mol. The minimum Gasteiger partial charge on any atom is -0.346 e. The van der Waals surface area contributed by atoms with Crippen LogP contribution in [0.4, 0.5) is 8.78 Å². The highest BCUT2D eigenvalue weighted by atomic mass is 19.3. The van der Waals surface area contributed by atoms with E-state index in [0.717, 1.165) is 5.56 Å². The Hall–Kier alpha value is -3.56. The van der Waals surface area contributed by atoms with Crippen molar-refractivity contribution < 1.29 is 28.0 Å². The Kier molecular flexibility index (Phi) is 6.25. The third-order valence-electron chi connectivity index (χ3n) is 6.51. The van der Waals surface area contributed by atoms with Crippen LogP contribution < -0.4 is 10.6 Å². The number of carbonyl (C=O) groups is 4. The Bertz CT molecular complexity index is 1220. The first-order chi connectivity index (χ1) is 16.4. The molecule has 35 heavy (non-hydrogen) atoms. The van der Waals surface area contributed by atoms with Crippen LogP contribution in [0.5, 0.6) is 0 Å². The third kappa shape index (κ3) is 4.44. The molecule has 0 aliphatic carbocycles. The SMILES string of the molecule is [B][C@@]1(N2Cc3cc(CNC(=O)C(F)(F)c4ccc(C(C)C)cc4)ccc3C2=O)CCC(=O)NC1=O. The van der Waals surface area contributed by atoms with Gasteiger partial charge in [-0.1, -0.05) is 50.2 Å². The Labute approximate surface area is 202 Å². The summed E-state index contributed by atoms with van der Waals surface area (Å²) in [6.45, 7) is 3.73. The Morgan fingerprint density at radius 3 is 2.49 bits per heavy atom. The average molecular weight is 479 g/mol. The van der Waals surface area contributed by atoms with Crippen molar-refractivity contribution in [3.05, 3.63) is 70.3 Å². The van der Waals surface area contributed by atoms with Gasteiger partial charge in [-0.25, -0.2) is 0 Å². The number of hydrogen-bond donors (Lipinski definition) is 2. The molecule has 2 radical (unpaired) electrons. The van der Waals surface area contributed by atoms with E-state index in [0.29, 0.717) is 16.7 Å². The van der Waals surface area contributed by atoms with Crippen LogP contribution in [0.1, 0.15) is 65.2 Å². The van der Waals surface area contributed by atoms with Crippen LogP contribution in [0.15, 0.2) is 42.5 Å². The normalized spacial score (nSPS) is 20.1. The molecule has 2 aliphatic heterocycles. The molecule has 2 aromatic carbocycles. The van der Waals surface area contributed by atoms with E-state index in [9.17, 15) is 28.0 Å². The number of nitrogens with one attached hydrogen (secondary N) is 2. The van der Waals surface area contributed by atoms with Gasteiger partial charge in [0.15, 0.2) is 0 Å². The molecule has 10 heteroatoms. The molecule has 4 amide bonds. The molecule has 0 spiro atoms. The van der Waals surface area contributed by atoms with Crippen molar-refractivity contribution >= 4 is 31.5 Å². The van der Waals surface area contributed by atoms with E-state index in [1.807, 2.05) is 13.8 Å².